The zero-order chi connectivity index (χ0) is 15.4. The van der Waals surface area contributed by atoms with Crippen LogP contribution in [0.4, 0.5) is 16.2 Å². The first-order chi connectivity index (χ1) is 10.1. The van der Waals surface area contributed by atoms with E-state index in [1.807, 2.05) is 6.07 Å². The number of carbonyl (C=O) groups is 1. The summed E-state index contributed by atoms with van der Waals surface area (Å²) in [6, 6.07) is 12.4. The van der Waals surface area contributed by atoms with Gasteiger partial charge in [-0.2, -0.15) is 5.26 Å². The number of anilines is 2. The maximum absolute atomic E-state index is 11.8. The van der Waals surface area contributed by atoms with Crippen molar-refractivity contribution >= 4 is 17.4 Å². The van der Waals surface area contributed by atoms with Gasteiger partial charge in [0.05, 0.1) is 23.0 Å². The molecular formula is C15H14N4O2. The SMILES string of the molecule is N#Cc1ccc(N(C(N)=O)c2ccccc2CN)c(O)c1. The van der Waals surface area contributed by atoms with Crippen LogP contribution in [0.25, 0.3) is 0 Å². The minimum Gasteiger partial charge on any atom is -0.506 e. The molecular weight excluding hydrogens is 268 g/mol. The Kier molecular flexibility index (Phi) is 4.07. The molecule has 2 rings (SSSR count). The molecule has 0 saturated carbocycles. The van der Waals surface area contributed by atoms with E-state index < -0.39 is 6.03 Å². The molecule has 0 heterocycles. The maximum Gasteiger partial charge on any atom is 0.324 e. The second-order valence-corrected chi connectivity index (χ2v) is 4.32. The molecule has 0 aliphatic carbocycles. The molecule has 0 radical (unpaired) electrons. The highest BCUT2D eigenvalue weighted by molar-refractivity contribution is 6.00. The predicted octanol–water partition coefficient (Wildman–Crippen LogP) is 1.94. The molecule has 6 heteroatoms. The van der Waals surface area contributed by atoms with Gasteiger partial charge in [0.25, 0.3) is 0 Å². The van der Waals surface area contributed by atoms with Crippen LogP contribution in [-0.4, -0.2) is 11.1 Å². The number of phenols is 1. The molecule has 0 spiro atoms. The minimum atomic E-state index is -0.754. The van der Waals surface area contributed by atoms with E-state index in [4.69, 9.17) is 16.7 Å². The van der Waals surface area contributed by atoms with Crippen molar-refractivity contribution in [2.45, 2.75) is 6.54 Å². The summed E-state index contributed by atoms with van der Waals surface area (Å²) < 4.78 is 0. The average molecular weight is 282 g/mol. The smallest absolute Gasteiger partial charge is 0.324 e. The predicted molar refractivity (Wildman–Crippen MR) is 78.9 cm³/mol. The molecule has 106 valence electrons. The van der Waals surface area contributed by atoms with Gasteiger partial charge in [0.1, 0.15) is 5.75 Å². The number of phenolic OH excluding ortho intramolecular Hbond substituents is 1. The molecule has 5 N–H and O–H groups in total. The van der Waals surface area contributed by atoms with Crippen molar-refractivity contribution in [3.63, 3.8) is 0 Å². The highest BCUT2D eigenvalue weighted by atomic mass is 16.3. The van der Waals surface area contributed by atoms with Crippen LogP contribution in [0.3, 0.4) is 0 Å². The molecule has 0 aromatic heterocycles. The molecule has 0 aliphatic heterocycles. The van der Waals surface area contributed by atoms with E-state index in [2.05, 4.69) is 0 Å². The summed E-state index contributed by atoms with van der Waals surface area (Å²) in [7, 11) is 0. The normalized spacial score (nSPS) is 9.90. The molecule has 0 aliphatic rings. The van der Waals surface area contributed by atoms with Crippen LogP contribution >= 0.6 is 0 Å². The van der Waals surface area contributed by atoms with Gasteiger partial charge in [-0.15, -0.1) is 0 Å². The number of hydrogen-bond acceptors (Lipinski definition) is 4. The van der Waals surface area contributed by atoms with E-state index in [0.29, 0.717) is 11.3 Å². The van der Waals surface area contributed by atoms with Crippen molar-refractivity contribution in [3.8, 4) is 11.8 Å². The van der Waals surface area contributed by atoms with Gasteiger partial charge in [0.15, 0.2) is 0 Å². The highest BCUT2D eigenvalue weighted by Gasteiger charge is 2.20. The van der Waals surface area contributed by atoms with E-state index in [0.717, 1.165) is 0 Å². The van der Waals surface area contributed by atoms with Gasteiger partial charge in [-0.25, -0.2) is 4.79 Å². The number of nitriles is 1. The number of aromatic hydroxyl groups is 1. The van der Waals surface area contributed by atoms with Crippen molar-refractivity contribution in [2.24, 2.45) is 11.5 Å². The van der Waals surface area contributed by atoms with Gasteiger partial charge >= 0.3 is 6.03 Å². The van der Waals surface area contributed by atoms with Gasteiger partial charge in [0.2, 0.25) is 0 Å². The number of urea groups is 1. The van der Waals surface area contributed by atoms with Gasteiger partial charge in [0, 0.05) is 6.54 Å². The Morgan fingerprint density at radius 2 is 1.95 bits per heavy atom. The Hall–Kier alpha value is -3.04. The van der Waals surface area contributed by atoms with Crippen molar-refractivity contribution in [1.82, 2.24) is 0 Å². The van der Waals surface area contributed by atoms with Crippen molar-refractivity contribution in [1.29, 1.82) is 5.26 Å². The number of rotatable bonds is 3. The Morgan fingerprint density at radius 3 is 2.52 bits per heavy atom. The van der Waals surface area contributed by atoms with Crippen molar-refractivity contribution in [2.75, 3.05) is 4.90 Å². The first kappa shape index (κ1) is 14.4. The number of para-hydroxylation sites is 1. The molecule has 0 atom stereocenters. The van der Waals surface area contributed by atoms with E-state index in [-0.39, 0.29) is 23.5 Å². The fraction of sp³-hybridized carbons (Fsp3) is 0.0667. The number of primary amides is 1. The van der Waals surface area contributed by atoms with Crippen LogP contribution < -0.4 is 16.4 Å². The van der Waals surface area contributed by atoms with Crippen LogP contribution in [0.15, 0.2) is 42.5 Å². The Morgan fingerprint density at radius 1 is 1.24 bits per heavy atom. The van der Waals surface area contributed by atoms with Crippen LogP contribution in [-0.2, 0) is 6.54 Å². The van der Waals surface area contributed by atoms with Gasteiger partial charge in [-0.05, 0) is 29.8 Å². The van der Waals surface area contributed by atoms with Crippen molar-refractivity contribution in [3.05, 3.63) is 53.6 Å². The summed E-state index contributed by atoms with van der Waals surface area (Å²) in [4.78, 5) is 13.0. The highest BCUT2D eigenvalue weighted by Crippen LogP contribution is 2.35. The first-order valence-corrected chi connectivity index (χ1v) is 6.19. The lowest BCUT2D eigenvalue weighted by atomic mass is 10.1. The third-order valence-electron chi connectivity index (χ3n) is 3.02. The molecule has 2 aromatic carbocycles. The van der Waals surface area contributed by atoms with Crippen LogP contribution in [0.1, 0.15) is 11.1 Å². The number of nitrogens with zero attached hydrogens (tertiary/aromatic N) is 2. The van der Waals surface area contributed by atoms with Gasteiger partial charge in [-0.3, -0.25) is 4.90 Å². The molecule has 0 fully saturated rings. The summed E-state index contributed by atoms with van der Waals surface area (Å²) >= 11 is 0. The number of nitrogens with two attached hydrogens (primary N) is 2. The summed E-state index contributed by atoms with van der Waals surface area (Å²) in [5.41, 5.74) is 12.8. The topological polar surface area (TPSA) is 116 Å². The lowest BCUT2D eigenvalue weighted by molar-refractivity contribution is 0.256. The number of benzene rings is 2. The zero-order valence-electron chi connectivity index (χ0n) is 11.2. The lowest BCUT2D eigenvalue weighted by Crippen LogP contribution is -2.32. The van der Waals surface area contributed by atoms with Crippen LogP contribution in [0.2, 0.25) is 0 Å². The van der Waals surface area contributed by atoms with Crippen LogP contribution in [0, 0.1) is 11.3 Å². The van der Waals surface area contributed by atoms with Crippen LogP contribution in [0.5, 0.6) is 5.75 Å². The number of amides is 2. The lowest BCUT2D eigenvalue weighted by Gasteiger charge is -2.23. The standard InChI is InChI=1S/C15H14N4O2/c16-8-10-5-6-13(14(20)7-10)19(15(18)21)12-4-2-1-3-11(12)9-17/h1-7,20H,9,17H2,(H2,18,21). The molecule has 6 nitrogen and oxygen atoms in total. The molecule has 0 saturated heterocycles. The van der Waals surface area contributed by atoms with E-state index in [1.165, 1.54) is 23.1 Å². The third-order valence-corrected chi connectivity index (χ3v) is 3.02. The second kappa shape index (κ2) is 5.94. The molecule has 2 amide bonds. The summed E-state index contributed by atoms with van der Waals surface area (Å²) in [6.45, 7) is 0.219. The van der Waals surface area contributed by atoms with Crippen molar-refractivity contribution < 1.29 is 9.90 Å². The zero-order valence-corrected chi connectivity index (χ0v) is 11.2. The number of hydrogen-bond donors (Lipinski definition) is 3. The largest absolute Gasteiger partial charge is 0.506 e. The molecule has 2 aromatic rings. The summed E-state index contributed by atoms with van der Waals surface area (Å²) in [5.74, 6) is -0.209. The second-order valence-electron chi connectivity index (χ2n) is 4.32. The molecule has 0 unspecified atom stereocenters. The third kappa shape index (κ3) is 2.78. The fourth-order valence-corrected chi connectivity index (χ4v) is 2.05. The maximum atomic E-state index is 11.8. The Bertz CT molecular complexity index is 722. The monoisotopic (exact) mass is 282 g/mol. The van der Waals surface area contributed by atoms with E-state index in [1.54, 1.807) is 24.3 Å². The van der Waals surface area contributed by atoms with Gasteiger partial charge < -0.3 is 16.6 Å². The van der Waals surface area contributed by atoms with E-state index in [9.17, 15) is 9.90 Å². The van der Waals surface area contributed by atoms with E-state index >= 15 is 0 Å². The average Bonchev–Trinajstić information content (AvgIpc) is 2.49. The minimum absolute atomic E-state index is 0.197. The Labute approximate surface area is 121 Å². The molecule has 0 bridgehead atoms. The molecule has 21 heavy (non-hydrogen) atoms. The quantitative estimate of drug-likeness (QED) is 0.797. The van der Waals surface area contributed by atoms with Gasteiger partial charge in [-0.1, -0.05) is 18.2 Å². The first-order valence-electron chi connectivity index (χ1n) is 6.19. The summed E-state index contributed by atoms with van der Waals surface area (Å²) in [6.07, 6.45) is 0. The Balaban J connectivity index is 2.60. The fourth-order valence-electron chi connectivity index (χ4n) is 2.05. The number of carbonyl (C=O) groups excluding carboxylic acids is 1. The summed E-state index contributed by atoms with van der Waals surface area (Å²) in [5, 5.41) is 18.9.